The van der Waals surface area contributed by atoms with Gasteiger partial charge < -0.3 is 15.1 Å². The molecule has 0 aromatic heterocycles. The lowest BCUT2D eigenvalue weighted by molar-refractivity contribution is -0.130. The number of rotatable bonds is 8. The molecule has 0 aliphatic heterocycles. The van der Waals surface area contributed by atoms with E-state index in [1.165, 1.54) is 12.8 Å². The van der Waals surface area contributed by atoms with Crippen LogP contribution in [0.25, 0.3) is 0 Å². The summed E-state index contributed by atoms with van der Waals surface area (Å²) in [7, 11) is 4.13. The number of amides is 1. The molecule has 0 aromatic carbocycles. The highest BCUT2D eigenvalue weighted by Crippen LogP contribution is 2.26. The van der Waals surface area contributed by atoms with E-state index in [4.69, 9.17) is 0 Å². The minimum Gasteiger partial charge on any atom is -0.339 e. The number of carbonyl (C=O) groups excluding carboxylic acids is 1. The molecule has 1 N–H and O–H groups in total. The topological polar surface area (TPSA) is 35.6 Å². The van der Waals surface area contributed by atoms with Gasteiger partial charge in [0.15, 0.2) is 0 Å². The summed E-state index contributed by atoms with van der Waals surface area (Å²) in [5, 5.41) is 3.22. The maximum atomic E-state index is 11.8. The van der Waals surface area contributed by atoms with Gasteiger partial charge in [-0.25, -0.2) is 0 Å². The molecule has 1 amide bonds. The van der Waals surface area contributed by atoms with Crippen molar-refractivity contribution in [3.8, 4) is 0 Å². The first kappa shape index (κ1) is 13.5. The average molecular weight is 227 g/mol. The minimum absolute atomic E-state index is 0.259. The molecule has 0 spiro atoms. The molecule has 0 radical (unpaired) electrons. The van der Waals surface area contributed by atoms with Crippen molar-refractivity contribution in [3.05, 3.63) is 0 Å². The number of likely N-dealkylation sites (N-methyl/N-ethyl adjacent to an activating group) is 1. The first-order valence-electron chi connectivity index (χ1n) is 6.30. The Bertz CT molecular complexity index is 214. The molecule has 0 unspecified atom stereocenters. The van der Waals surface area contributed by atoms with Gasteiger partial charge in [-0.15, -0.1) is 0 Å². The van der Waals surface area contributed by atoms with Crippen LogP contribution in [-0.4, -0.2) is 62.0 Å². The molecule has 0 aromatic rings. The smallest absolute Gasteiger partial charge is 0.236 e. The Balaban J connectivity index is 2.05. The van der Waals surface area contributed by atoms with Gasteiger partial charge in [-0.3, -0.25) is 4.79 Å². The summed E-state index contributed by atoms with van der Waals surface area (Å²) in [5.74, 6) is 0.259. The summed E-state index contributed by atoms with van der Waals surface area (Å²) >= 11 is 0. The van der Waals surface area contributed by atoms with Crippen LogP contribution in [0.3, 0.4) is 0 Å². The summed E-state index contributed by atoms with van der Waals surface area (Å²) in [6, 6.07) is 0.543. The molecule has 4 nitrogen and oxygen atoms in total. The van der Waals surface area contributed by atoms with Gasteiger partial charge in [-0.1, -0.05) is 0 Å². The molecular weight excluding hydrogens is 202 g/mol. The van der Waals surface area contributed by atoms with Gasteiger partial charge in [0.05, 0.1) is 6.54 Å². The van der Waals surface area contributed by atoms with Crippen molar-refractivity contribution in [2.45, 2.75) is 32.2 Å². The summed E-state index contributed by atoms with van der Waals surface area (Å²) in [6.45, 7) is 5.40. The van der Waals surface area contributed by atoms with Crippen LogP contribution in [0.2, 0.25) is 0 Å². The fourth-order valence-electron chi connectivity index (χ4n) is 1.84. The normalized spacial score (nSPS) is 15.5. The maximum Gasteiger partial charge on any atom is 0.236 e. The largest absolute Gasteiger partial charge is 0.339 e. The van der Waals surface area contributed by atoms with E-state index >= 15 is 0 Å². The Hall–Kier alpha value is -0.610. The zero-order valence-electron chi connectivity index (χ0n) is 10.8. The Morgan fingerprint density at radius 2 is 2.06 bits per heavy atom. The van der Waals surface area contributed by atoms with Crippen molar-refractivity contribution >= 4 is 5.91 Å². The van der Waals surface area contributed by atoms with Gasteiger partial charge in [0.2, 0.25) is 5.91 Å². The second kappa shape index (κ2) is 6.86. The minimum atomic E-state index is 0.259. The van der Waals surface area contributed by atoms with E-state index < -0.39 is 0 Å². The third-order valence-electron chi connectivity index (χ3n) is 2.88. The molecule has 1 rings (SSSR count). The van der Waals surface area contributed by atoms with Crippen molar-refractivity contribution < 1.29 is 4.79 Å². The van der Waals surface area contributed by atoms with Crippen LogP contribution in [-0.2, 0) is 4.79 Å². The first-order chi connectivity index (χ1) is 7.65. The number of hydrogen-bond acceptors (Lipinski definition) is 3. The molecule has 4 heteroatoms. The Kier molecular flexibility index (Phi) is 5.77. The molecule has 0 heterocycles. The monoisotopic (exact) mass is 227 g/mol. The SMILES string of the molecule is CCN(C(=O)CNCCCN(C)C)C1CC1. The van der Waals surface area contributed by atoms with Crippen LogP contribution in [0.4, 0.5) is 0 Å². The van der Waals surface area contributed by atoms with Crippen LogP contribution in [0.1, 0.15) is 26.2 Å². The third-order valence-corrected chi connectivity index (χ3v) is 2.88. The summed E-state index contributed by atoms with van der Waals surface area (Å²) in [5.41, 5.74) is 0. The fourth-order valence-corrected chi connectivity index (χ4v) is 1.84. The van der Waals surface area contributed by atoms with E-state index in [0.29, 0.717) is 12.6 Å². The van der Waals surface area contributed by atoms with Gasteiger partial charge in [0.25, 0.3) is 0 Å². The van der Waals surface area contributed by atoms with Crippen LogP contribution in [0, 0.1) is 0 Å². The van der Waals surface area contributed by atoms with Crippen molar-refractivity contribution in [1.82, 2.24) is 15.1 Å². The first-order valence-corrected chi connectivity index (χ1v) is 6.30. The maximum absolute atomic E-state index is 11.8. The highest BCUT2D eigenvalue weighted by Gasteiger charge is 2.30. The molecule has 1 saturated carbocycles. The summed E-state index contributed by atoms with van der Waals surface area (Å²) in [4.78, 5) is 16.0. The van der Waals surface area contributed by atoms with Gasteiger partial charge in [0, 0.05) is 12.6 Å². The molecule has 0 saturated heterocycles. The second-order valence-corrected chi connectivity index (χ2v) is 4.74. The molecule has 1 fully saturated rings. The van der Waals surface area contributed by atoms with Crippen LogP contribution in [0.5, 0.6) is 0 Å². The Morgan fingerprint density at radius 1 is 1.38 bits per heavy atom. The van der Waals surface area contributed by atoms with Crippen LogP contribution >= 0.6 is 0 Å². The highest BCUT2D eigenvalue weighted by atomic mass is 16.2. The van der Waals surface area contributed by atoms with Gasteiger partial charge in [-0.2, -0.15) is 0 Å². The van der Waals surface area contributed by atoms with Gasteiger partial charge in [0.1, 0.15) is 0 Å². The third kappa shape index (κ3) is 4.94. The lowest BCUT2D eigenvalue weighted by Gasteiger charge is -2.20. The van der Waals surface area contributed by atoms with Crippen molar-refractivity contribution in [2.75, 3.05) is 40.3 Å². The molecular formula is C12H25N3O. The number of hydrogen-bond donors (Lipinski definition) is 1. The molecule has 94 valence electrons. The lowest BCUT2D eigenvalue weighted by atomic mass is 10.4. The predicted octanol–water partition coefficient (Wildman–Crippen LogP) is 0.539. The van der Waals surface area contributed by atoms with E-state index in [-0.39, 0.29) is 5.91 Å². The predicted molar refractivity (Wildman–Crippen MR) is 66.4 cm³/mol. The second-order valence-electron chi connectivity index (χ2n) is 4.74. The van der Waals surface area contributed by atoms with Crippen molar-refractivity contribution in [1.29, 1.82) is 0 Å². The Labute approximate surface area is 99.0 Å². The standard InChI is InChI=1S/C12H25N3O/c1-4-15(11-6-7-11)12(16)10-13-8-5-9-14(2)3/h11,13H,4-10H2,1-3H3. The molecule has 0 bridgehead atoms. The molecule has 0 atom stereocenters. The zero-order valence-corrected chi connectivity index (χ0v) is 10.8. The molecule has 1 aliphatic carbocycles. The summed E-state index contributed by atoms with van der Waals surface area (Å²) in [6.07, 6.45) is 3.48. The summed E-state index contributed by atoms with van der Waals surface area (Å²) < 4.78 is 0. The highest BCUT2D eigenvalue weighted by molar-refractivity contribution is 5.78. The van der Waals surface area contributed by atoms with Crippen LogP contribution in [0.15, 0.2) is 0 Å². The van der Waals surface area contributed by atoms with Gasteiger partial charge in [-0.05, 0) is 53.4 Å². The van der Waals surface area contributed by atoms with E-state index in [9.17, 15) is 4.79 Å². The number of nitrogens with one attached hydrogen (secondary N) is 1. The van der Waals surface area contributed by atoms with E-state index in [2.05, 4.69) is 31.2 Å². The Morgan fingerprint density at radius 3 is 2.56 bits per heavy atom. The quantitative estimate of drug-likeness (QED) is 0.615. The van der Waals surface area contributed by atoms with Crippen molar-refractivity contribution in [3.63, 3.8) is 0 Å². The zero-order chi connectivity index (χ0) is 12.0. The van der Waals surface area contributed by atoms with E-state index in [1.807, 2.05) is 4.90 Å². The van der Waals surface area contributed by atoms with Gasteiger partial charge >= 0.3 is 0 Å². The lowest BCUT2D eigenvalue weighted by Crippen LogP contribution is -2.40. The van der Waals surface area contributed by atoms with Crippen molar-refractivity contribution in [2.24, 2.45) is 0 Å². The van der Waals surface area contributed by atoms with E-state index in [1.54, 1.807) is 0 Å². The number of carbonyl (C=O) groups is 1. The number of nitrogens with zero attached hydrogens (tertiary/aromatic N) is 2. The average Bonchev–Trinajstić information content (AvgIpc) is 3.02. The van der Waals surface area contributed by atoms with Crippen LogP contribution < -0.4 is 5.32 Å². The molecule has 16 heavy (non-hydrogen) atoms. The molecule has 1 aliphatic rings. The fraction of sp³-hybridized carbons (Fsp3) is 0.917. The van der Waals surface area contributed by atoms with E-state index in [0.717, 1.165) is 26.1 Å².